The molecule has 98 valence electrons. The third-order valence-electron chi connectivity index (χ3n) is 2.09. The van der Waals surface area contributed by atoms with Gasteiger partial charge in [0.25, 0.3) is 0 Å². The molecule has 0 aromatic heterocycles. The third kappa shape index (κ3) is 4.52. The molecule has 4 N–H and O–H groups in total. The number of carbonyl (C=O) groups is 2. The molecule has 18 heavy (non-hydrogen) atoms. The monoisotopic (exact) mass is 271 g/mol. The number of rotatable bonds is 4. The molecule has 0 unspecified atom stereocenters. The van der Waals surface area contributed by atoms with Crippen molar-refractivity contribution in [1.29, 1.82) is 0 Å². The first-order valence-electron chi connectivity index (χ1n) is 5.04. The maximum absolute atomic E-state index is 11.5. The highest BCUT2D eigenvalue weighted by atomic mass is 32.2. The lowest BCUT2D eigenvalue weighted by Gasteiger charge is -2.05. The molecule has 1 aromatic carbocycles. The van der Waals surface area contributed by atoms with E-state index >= 15 is 0 Å². The van der Waals surface area contributed by atoms with E-state index in [9.17, 15) is 18.0 Å². The number of hydrogen-bond donors (Lipinski definition) is 3. The predicted molar refractivity (Wildman–Crippen MR) is 64.4 cm³/mol. The van der Waals surface area contributed by atoms with Gasteiger partial charge in [0, 0.05) is 0 Å². The van der Waals surface area contributed by atoms with Gasteiger partial charge in [0.05, 0.1) is 5.75 Å². The Hall–Kier alpha value is -1.93. The van der Waals surface area contributed by atoms with E-state index in [2.05, 4.69) is 0 Å². The molecule has 2 amide bonds. The number of nitrogens with two attached hydrogens (primary N) is 1. The van der Waals surface area contributed by atoms with Crippen molar-refractivity contribution in [1.82, 2.24) is 10.1 Å². The molecule has 1 rings (SSSR count). The fraction of sp³-hybridized carbons (Fsp3) is 0.200. The van der Waals surface area contributed by atoms with Crippen molar-refractivity contribution in [3.8, 4) is 0 Å². The molecule has 0 heterocycles. The number of hydrazine groups is 1. The van der Waals surface area contributed by atoms with Crippen molar-refractivity contribution in [3.63, 3.8) is 0 Å². The average Bonchev–Trinajstić information content (AvgIpc) is 2.36. The molecule has 0 spiro atoms. The van der Waals surface area contributed by atoms with E-state index in [1.807, 2.05) is 6.07 Å². The van der Waals surface area contributed by atoms with Crippen LogP contribution in [0, 0.1) is 0 Å². The van der Waals surface area contributed by atoms with E-state index in [1.54, 1.807) is 34.4 Å². The molecular formula is C10H13N3O4S. The number of benzene rings is 1. The lowest BCUT2D eigenvalue weighted by atomic mass is 10.2. The SMILES string of the molecule is NNC(=O)C(=O)NS(=O)(=O)CCc1ccccc1. The van der Waals surface area contributed by atoms with Gasteiger partial charge in [-0.2, -0.15) is 0 Å². The first-order valence-corrected chi connectivity index (χ1v) is 6.69. The number of hydrogen-bond acceptors (Lipinski definition) is 5. The van der Waals surface area contributed by atoms with Crippen molar-refractivity contribution >= 4 is 21.8 Å². The Balaban J connectivity index is 2.56. The van der Waals surface area contributed by atoms with E-state index in [0.29, 0.717) is 0 Å². The minimum atomic E-state index is -3.85. The Morgan fingerprint density at radius 1 is 1.11 bits per heavy atom. The topological polar surface area (TPSA) is 118 Å². The minimum absolute atomic E-state index is 0.244. The van der Waals surface area contributed by atoms with Gasteiger partial charge >= 0.3 is 11.8 Å². The van der Waals surface area contributed by atoms with Crippen LogP contribution in [0.5, 0.6) is 0 Å². The van der Waals surface area contributed by atoms with Crippen LogP contribution in [-0.2, 0) is 26.0 Å². The first kappa shape index (κ1) is 14.1. The van der Waals surface area contributed by atoms with Gasteiger partial charge in [0.15, 0.2) is 0 Å². The van der Waals surface area contributed by atoms with Crippen LogP contribution in [0.4, 0.5) is 0 Å². The van der Waals surface area contributed by atoms with Gasteiger partial charge in [-0.3, -0.25) is 15.0 Å². The largest absolute Gasteiger partial charge is 0.324 e. The summed E-state index contributed by atoms with van der Waals surface area (Å²) in [5, 5.41) is 0. The van der Waals surface area contributed by atoms with Crippen molar-refractivity contribution in [2.45, 2.75) is 6.42 Å². The molecule has 0 radical (unpaired) electrons. The van der Waals surface area contributed by atoms with Gasteiger partial charge in [-0.1, -0.05) is 30.3 Å². The van der Waals surface area contributed by atoms with Gasteiger partial charge in [-0.05, 0) is 12.0 Å². The van der Waals surface area contributed by atoms with Crippen LogP contribution in [0.2, 0.25) is 0 Å². The zero-order valence-corrected chi connectivity index (χ0v) is 10.2. The van der Waals surface area contributed by atoms with Gasteiger partial charge in [0.1, 0.15) is 0 Å². The molecule has 0 saturated carbocycles. The Morgan fingerprint density at radius 3 is 2.28 bits per heavy atom. The maximum Gasteiger partial charge on any atom is 0.324 e. The lowest BCUT2D eigenvalue weighted by molar-refractivity contribution is -0.138. The molecule has 0 fully saturated rings. The highest BCUT2D eigenvalue weighted by Gasteiger charge is 2.19. The Bertz CT molecular complexity index is 527. The van der Waals surface area contributed by atoms with Gasteiger partial charge in [0.2, 0.25) is 10.0 Å². The second kappa shape index (κ2) is 6.12. The van der Waals surface area contributed by atoms with Crippen LogP contribution in [0.1, 0.15) is 5.56 Å². The molecule has 8 heteroatoms. The van der Waals surface area contributed by atoms with E-state index < -0.39 is 21.8 Å². The summed E-state index contributed by atoms with van der Waals surface area (Å²) in [6, 6.07) is 8.91. The van der Waals surface area contributed by atoms with Crippen molar-refractivity contribution < 1.29 is 18.0 Å². The van der Waals surface area contributed by atoms with Crippen molar-refractivity contribution in [3.05, 3.63) is 35.9 Å². The Labute approximate surface area is 104 Å². The zero-order chi connectivity index (χ0) is 13.6. The number of amides is 2. The van der Waals surface area contributed by atoms with Crippen LogP contribution in [0.15, 0.2) is 30.3 Å². The molecule has 0 aliphatic carbocycles. The van der Waals surface area contributed by atoms with E-state index in [-0.39, 0.29) is 12.2 Å². The number of sulfonamides is 1. The van der Waals surface area contributed by atoms with Gasteiger partial charge < -0.3 is 0 Å². The van der Waals surface area contributed by atoms with E-state index in [1.165, 1.54) is 0 Å². The first-order chi connectivity index (χ1) is 8.44. The molecule has 0 saturated heterocycles. The second-order valence-electron chi connectivity index (χ2n) is 3.46. The fourth-order valence-corrected chi connectivity index (χ4v) is 2.18. The predicted octanol–water partition coefficient (Wildman–Crippen LogP) is -1.33. The number of nitrogens with one attached hydrogen (secondary N) is 2. The molecule has 1 aromatic rings. The number of aryl methyl sites for hydroxylation is 1. The summed E-state index contributed by atoms with van der Waals surface area (Å²) in [4.78, 5) is 21.8. The highest BCUT2D eigenvalue weighted by molar-refractivity contribution is 7.90. The molecule has 7 nitrogen and oxygen atoms in total. The Kier molecular flexibility index (Phi) is 4.81. The lowest BCUT2D eigenvalue weighted by Crippen LogP contribution is -2.45. The van der Waals surface area contributed by atoms with Crippen LogP contribution >= 0.6 is 0 Å². The fourth-order valence-electron chi connectivity index (χ4n) is 1.20. The maximum atomic E-state index is 11.5. The summed E-state index contributed by atoms with van der Waals surface area (Å²) in [5.74, 6) is 1.90. The standard InChI is InChI=1S/C10H13N3O4S/c11-12-9(14)10(15)13-18(16,17)7-6-8-4-2-1-3-5-8/h1-5H,6-7,11H2,(H,12,14)(H,13,15). The van der Waals surface area contributed by atoms with E-state index in [4.69, 9.17) is 5.84 Å². The zero-order valence-electron chi connectivity index (χ0n) is 9.42. The number of carbonyl (C=O) groups excluding carboxylic acids is 2. The quantitative estimate of drug-likeness (QED) is 0.271. The molecule has 0 aliphatic rings. The Morgan fingerprint density at radius 2 is 1.72 bits per heavy atom. The molecule has 0 atom stereocenters. The van der Waals surface area contributed by atoms with Gasteiger partial charge in [-0.15, -0.1) is 0 Å². The van der Waals surface area contributed by atoms with Gasteiger partial charge in [-0.25, -0.2) is 19.0 Å². The second-order valence-corrected chi connectivity index (χ2v) is 5.30. The highest BCUT2D eigenvalue weighted by Crippen LogP contribution is 2.01. The van der Waals surface area contributed by atoms with Crippen LogP contribution in [0.25, 0.3) is 0 Å². The molecular weight excluding hydrogens is 258 g/mol. The smallest absolute Gasteiger partial charge is 0.286 e. The summed E-state index contributed by atoms with van der Waals surface area (Å²) in [7, 11) is -3.85. The van der Waals surface area contributed by atoms with Crippen molar-refractivity contribution in [2.75, 3.05) is 5.75 Å². The summed E-state index contributed by atoms with van der Waals surface area (Å²) in [6.07, 6.45) is 0.244. The third-order valence-corrected chi connectivity index (χ3v) is 3.33. The summed E-state index contributed by atoms with van der Waals surface area (Å²) >= 11 is 0. The molecule has 0 aliphatic heterocycles. The normalized spacial score (nSPS) is 10.7. The summed E-state index contributed by atoms with van der Waals surface area (Å²) < 4.78 is 24.6. The summed E-state index contributed by atoms with van der Waals surface area (Å²) in [6.45, 7) is 0. The van der Waals surface area contributed by atoms with Crippen molar-refractivity contribution in [2.24, 2.45) is 5.84 Å². The average molecular weight is 271 g/mol. The van der Waals surface area contributed by atoms with Crippen LogP contribution < -0.4 is 16.0 Å². The molecule has 0 bridgehead atoms. The van der Waals surface area contributed by atoms with E-state index in [0.717, 1.165) is 5.56 Å². The minimum Gasteiger partial charge on any atom is -0.286 e. The van der Waals surface area contributed by atoms with Crippen LogP contribution in [0.3, 0.4) is 0 Å². The van der Waals surface area contributed by atoms with Crippen LogP contribution in [-0.4, -0.2) is 26.0 Å². The summed E-state index contributed by atoms with van der Waals surface area (Å²) in [5.41, 5.74) is 2.36.